The van der Waals surface area contributed by atoms with Crippen molar-refractivity contribution in [1.82, 2.24) is 63.2 Å². The smallest absolute Gasteiger partial charge is 0.224 e. The fourth-order valence-corrected chi connectivity index (χ4v) is 17.3. The van der Waals surface area contributed by atoms with Crippen molar-refractivity contribution in [2.24, 2.45) is 11.8 Å². The second-order valence-corrected chi connectivity index (χ2v) is 32.5. The van der Waals surface area contributed by atoms with Gasteiger partial charge in [-0.05, 0) is 207 Å². The number of nitrogens with zero attached hydrogens (tertiary/aromatic N) is 13. The molecule has 106 heavy (non-hydrogen) atoms. The minimum absolute atomic E-state index is 0.158. The fraction of sp³-hybridized carbons (Fsp3) is 0.581. The predicted molar refractivity (Wildman–Crippen MR) is 427 cm³/mol. The first-order chi connectivity index (χ1) is 52.1. The molecule has 0 atom stereocenters. The molecule has 20 heteroatoms. The number of hydrogen-bond donors (Lipinski definition) is 7. The highest BCUT2D eigenvalue weighted by molar-refractivity contribution is 5.96. The van der Waals surface area contributed by atoms with Crippen molar-refractivity contribution in [1.29, 1.82) is 0 Å². The van der Waals surface area contributed by atoms with Crippen LogP contribution in [0.4, 0.5) is 17.8 Å². The Bertz CT molecular complexity index is 4220. The average Bonchev–Trinajstić information content (AvgIpc) is 1.63. The summed E-state index contributed by atoms with van der Waals surface area (Å²) in [4.78, 5) is 39.0. The number of aromatic nitrogens is 9. The molecule has 0 radical (unpaired) electrons. The minimum atomic E-state index is -0.182. The molecule has 566 valence electrons. The van der Waals surface area contributed by atoms with Crippen molar-refractivity contribution in [3.05, 3.63) is 127 Å². The molecule has 7 N–H and O–H groups in total. The number of unbranched alkanes of at least 4 members (excludes halogenated alkanes) is 1. The number of rotatable bonds is 25. The lowest BCUT2D eigenvalue weighted by Gasteiger charge is -2.32. The topological polar surface area (TPSA) is 222 Å². The lowest BCUT2D eigenvalue weighted by molar-refractivity contribution is 0.111. The lowest BCUT2D eigenvalue weighted by Crippen LogP contribution is -2.43. The number of likely N-dealkylation sites (N-methyl/N-ethyl adjacent to an activating group) is 1. The van der Waals surface area contributed by atoms with E-state index in [4.69, 9.17) is 30.0 Å². The van der Waals surface area contributed by atoms with Crippen LogP contribution in [0.3, 0.4) is 0 Å². The molecule has 0 amide bonds. The second-order valence-electron chi connectivity index (χ2n) is 32.5. The molecule has 9 aromatic rings. The molecule has 0 unspecified atom stereocenters. The molecular formula is C86H118N16O4. The average molecular weight is 1440 g/mol. The van der Waals surface area contributed by atoms with Gasteiger partial charge in [-0.15, -0.1) is 0 Å². The van der Waals surface area contributed by atoms with Crippen molar-refractivity contribution >= 4 is 50.9 Å². The Labute approximate surface area is 627 Å². The fourth-order valence-electron chi connectivity index (χ4n) is 17.3. The summed E-state index contributed by atoms with van der Waals surface area (Å²) in [5, 5.41) is 52.7. The van der Waals surface area contributed by atoms with Gasteiger partial charge < -0.3 is 55.0 Å². The van der Waals surface area contributed by atoms with E-state index >= 15 is 0 Å². The van der Waals surface area contributed by atoms with Gasteiger partial charge in [0.05, 0.1) is 18.3 Å². The van der Waals surface area contributed by atoms with Crippen molar-refractivity contribution in [3.8, 4) is 33.4 Å². The molecule has 8 fully saturated rings. The van der Waals surface area contributed by atoms with Crippen molar-refractivity contribution in [2.45, 2.75) is 223 Å². The van der Waals surface area contributed by atoms with Crippen LogP contribution in [0.15, 0.2) is 110 Å². The van der Waals surface area contributed by atoms with Crippen molar-refractivity contribution in [2.75, 3.05) is 102 Å². The Morgan fingerprint density at radius 1 is 0.368 bits per heavy atom. The third-order valence-corrected chi connectivity index (χ3v) is 24.3. The van der Waals surface area contributed by atoms with Gasteiger partial charge >= 0.3 is 0 Å². The SMILES string of the molecule is CN1CCN(Cc2ccc(-c3cn(C4CCC(O)CC4)c4nc(NCCC5CC5)ncc34)cc2)CC1.OC1CCC(n2cc(-c3ccc(CN4CCCCC4)cc3)c3cnc(NCCC4CC4)nc32)CC1.OCCCCNc1ncc2c(-c3ccc(CN4CCCCC4)cc3)cn(C3CCC(O)CC3)c2n1. The number of anilines is 3. The molecular weight excluding hydrogens is 1320 g/mol. The highest BCUT2D eigenvalue weighted by Gasteiger charge is 2.30. The van der Waals surface area contributed by atoms with Gasteiger partial charge in [-0.3, -0.25) is 14.7 Å². The van der Waals surface area contributed by atoms with Crippen LogP contribution in [-0.4, -0.2) is 188 Å². The van der Waals surface area contributed by atoms with E-state index in [9.17, 15) is 15.3 Å². The van der Waals surface area contributed by atoms with Crippen LogP contribution in [0.1, 0.15) is 202 Å². The maximum Gasteiger partial charge on any atom is 0.224 e. The lowest BCUT2D eigenvalue weighted by atomic mass is 9.93. The number of benzene rings is 3. The van der Waals surface area contributed by atoms with E-state index in [0.717, 1.165) is 212 Å². The summed E-state index contributed by atoms with van der Waals surface area (Å²) in [7, 11) is 2.20. The number of hydrogen-bond acceptors (Lipinski definition) is 17. The van der Waals surface area contributed by atoms with E-state index in [1.807, 2.05) is 18.6 Å². The summed E-state index contributed by atoms with van der Waals surface area (Å²) >= 11 is 0. The molecule has 5 saturated carbocycles. The molecule has 9 heterocycles. The van der Waals surface area contributed by atoms with E-state index in [1.165, 1.54) is 153 Å². The molecule has 3 aliphatic heterocycles. The molecule has 8 aliphatic rings. The largest absolute Gasteiger partial charge is 0.396 e. The van der Waals surface area contributed by atoms with Crippen LogP contribution in [-0.2, 0) is 19.6 Å². The second kappa shape index (κ2) is 35.8. The van der Waals surface area contributed by atoms with Crippen LogP contribution in [0, 0.1) is 11.8 Å². The van der Waals surface area contributed by atoms with Crippen LogP contribution in [0.25, 0.3) is 66.5 Å². The third kappa shape index (κ3) is 19.4. The summed E-state index contributed by atoms with van der Waals surface area (Å²) in [6.07, 6.45) is 40.8. The van der Waals surface area contributed by atoms with Crippen LogP contribution < -0.4 is 16.0 Å². The van der Waals surface area contributed by atoms with E-state index in [0.29, 0.717) is 24.1 Å². The third-order valence-electron chi connectivity index (χ3n) is 24.3. The number of piperazine rings is 1. The number of aliphatic hydroxyl groups excluding tert-OH is 4. The summed E-state index contributed by atoms with van der Waals surface area (Å²) in [6.45, 7) is 15.3. The van der Waals surface area contributed by atoms with Gasteiger partial charge in [0.2, 0.25) is 17.8 Å². The Morgan fingerprint density at radius 2 is 0.689 bits per heavy atom. The first-order valence-corrected chi connectivity index (χ1v) is 41.2. The molecule has 3 saturated heterocycles. The molecule has 20 nitrogen and oxygen atoms in total. The zero-order valence-electron chi connectivity index (χ0n) is 63.1. The zero-order valence-corrected chi connectivity index (χ0v) is 63.1. The molecule has 6 aromatic heterocycles. The van der Waals surface area contributed by atoms with Crippen LogP contribution >= 0.6 is 0 Å². The van der Waals surface area contributed by atoms with E-state index < -0.39 is 0 Å². The number of piperidine rings is 2. The molecule has 3 aromatic carbocycles. The standard InChI is InChI=1S/C29H40N6O.C29H39N5O.C28H39N5O2/c1-33-14-16-34(17-15-33)19-22-4-6-23(7-5-22)27-20-35(24-8-10-25(36)11-9-24)28-26(27)18-31-29(32-28)30-13-12-21-2-3-21;35-25-12-10-24(11-13-25)34-20-27(23-8-6-22(7-9-23)19-33-16-2-1-3-17-33)26-18-31-29(32-28(26)34)30-15-14-21-4-5-21;34-17-5-2-14-29-28-30-18-25-26(20-33(27(25)31-28)23-10-12-24(35)13-11-23)22-8-6-21(7-9-22)19-32-15-3-1-4-16-32/h4-7,18,20-21,24-25,36H,2-3,8-17,19H2,1H3,(H,30,31,32);6-9,18,20-21,24-25,35H,1-5,10-17,19H2,(H,30,31,32);6-9,18,20,23-24,34-35H,1-5,10-17,19H2,(H,29,30,31). The van der Waals surface area contributed by atoms with Gasteiger partial charge in [0.1, 0.15) is 16.9 Å². The molecule has 5 aliphatic carbocycles. The number of aliphatic hydroxyl groups is 4. The Morgan fingerprint density at radius 3 is 1.01 bits per heavy atom. The Kier molecular flexibility index (Phi) is 25.0. The number of likely N-dealkylation sites (tertiary alicyclic amines) is 2. The first kappa shape index (κ1) is 74.1. The molecule has 17 rings (SSSR count). The van der Waals surface area contributed by atoms with Gasteiger partial charge in [-0.25, -0.2) is 15.0 Å². The van der Waals surface area contributed by atoms with Gasteiger partial charge in [-0.2, -0.15) is 15.0 Å². The van der Waals surface area contributed by atoms with Crippen molar-refractivity contribution < 1.29 is 20.4 Å². The summed E-state index contributed by atoms with van der Waals surface area (Å²) in [5.41, 5.74) is 14.3. The van der Waals surface area contributed by atoms with Crippen LogP contribution in [0.5, 0.6) is 0 Å². The van der Waals surface area contributed by atoms with Crippen molar-refractivity contribution in [3.63, 3.8) is 0 Å². The van der Waals surface area contributed by atoms with Crippen LogP contribution in [0.2, 0.25) is 0 Å². The summed E-state index contributed by atoms with van der Waals surface area (Å²) < 4.78 is 7.05. The maximum absolute atomic E-state index is 10.1. The van der Waals surface area contributed by atoms with E-state index in [1.54, 1.807) is 0 Å². The quantitative estimate of drug-likeness (QED) is 0.0264. The highest BCUT2D eigenvalue weighted by Crippen LogP contribution is 2.42. The van der Waals surface area contributed by atoms with E-state index in [2.05, 4.69) is 153 Å². The maximum atomic E-state index is 10.1. The summed E-state index contributed by atoms with van der Waals surface area (Å²) in [6, 6.07) is 28.3. The highest BCUT2D eigenvalue weighted by atomic mass is 16.3. The first-order valence-electron chi connectivity index (χ1n) is 41.2. The van der Waals surface area contributed by atoms with Gasteiger partial charge in [-0.1, -0.05) is 111 Å². The predicted octanol–water partition coefficient (Wildman–Crippen LogP) is 15.1. The van der Waals surface area contributed by atoms with Gasteiger partial charge in [0.15, 0.2) is 0 Å². The summed E-state index contributed by atoms with van der Waals surface area (Å²) in [5.74, 6) is 3.89. The number of fused-ring (bicyclic) bond motifs is 3. The normalized spacial score (nSPS) is 23.0. The van der Waals surface area contributed by atoms with Gasteiger partial charge in [0.25, 0.3) is 0 Å². The Hall–Kier alpha value is -7.40. The monoisotopic (exact) mass is 1440 g/mol. The Balaban J connectivity index is 0.000000127. The molecule has 0 bridgehead atoms. The minimum Gasteiger partial charge on any atom is -0.396 e. The zero-order chi connectivity index (χ0) is 72.1. The number of nitrogens with one attached hydrogen (secondary N) is 3. The van der Waals surface area contributed by atoms with Gasteiger partial charge in [0, 0.05) is 160 Å². The van der Waals surface area contributed by atoms with E-state index in [-0.39, 0.29) is 24.9 Å². The molecule has 0 spiro atoms.